The Balaban J connectivity index is 0.000000873. The lowest BCUT2D eigenvalue weighted by Crippen LogP contribution is -2.64. The summed E-state index contributed by atoms with van der Waals surface area (Å²) < 4.78 is 17.4. The molecule has 1 fully saturated rings. The van der Waals surface area contributed by atoms with Gasteiger partial charge in [0.15, 0.2) is 0 Å². The number of ether oxygens (including phenoxy) is 1. The number of nitrogens with one attached hydrogen (secondary N) is 1. The summed E-state index contributed by atoms with van der Waals surface area (Å²) in [5.74, 6) is 0. The SMILES string of the molecule is CCCC1(OC)CCCC[Si]1(OC)OC.N=C=O. The molecule has 5 nitrogen and oxygen atoms in total. The number of methoxy groups -OCH3 is 1. The second-order valence-corrected chi connectivity index (χ2v) is 8.15. The predicted octanol–water partition coefficient (Wildman–Crippen LogP) is 2.53. The van der Waals surface area contributed by atoms with E-state index in [1.165, 1.54) is 12.8 Å². The minimum atomic E-state index is -2.15. The van der Waals surface area contributed by atoms with Crippen LogP contribution in [0.4, 0.5) is 0 Å². The summed E-state index contributed by atoms with van der Waals surface area (Å²) in [4.78, 5) is 8.35. The lowest BCUT2D eigenvalue weighted by molar-refractivity contribution is -0.0149. The largest absolute Gasteiger partial charge is 0.396 e. The average molecular weight is 275 g/mol. The van der Waals surface area contributed by atoms with E-state index in [2.05, 4.69) is 6.92 Å². The first-order chi connectivity index (χ1) is 8.61. The second-order valence-electron chi connectivity index (χ2n) is 4.42. The fraction of sp³-hybridized carbons (Fsp3) is 0.917. The number of carbonyl (C=O) groups excluding carboxylic acids is 1. The van der Waals surface area contributed by atoms with Crippen molar-refractivity contribution in [2.45, 2.75) is 50.3 Å². The molecule has 0 aromatic heterocycles. The van der Waals surface area contributed by atoms with Crippen molar-refractivity contribution in [1.82, 2.24) is 0 Å². The summed E-state index contributed by atoms with van der Waals surface area (Å²) in [5.41, 5.74) is 0. The summed E-state index contributed by atoms with van der Waals surface area (Å²) in [6.45, 7) is 2.19. The summed E-state index contributed by atoms with van der Waals surface area (Å²) in [7, 11) is 3.22. The zero-order valence-electron chi connectivity index (χ0n) is 11.9. The van der Waals surface area contributed by atoms with Gasteiger partial charge in [-0.2, -0.15) is 0 Å². The van der Waals surface area contributed by atoms with E-state index in [9.17, 15) is 0 Å². The van der Waals surface area contributed by atoms with Gasteiger partial charge in [-0.1, -0.05) is 26.2 Å². The van der Waals surface area contributed by atoms with E-state index in [0.717, 1.165) is 31.4 Å². The molecule has 18 heavy (non-hydrogen) atoms. The fourth-order valence-corrected chi connectivity index (χ4v) is 6.91. The maximum atomic E-state index is 8.35. The van der Waals surface area contributed by atoms with Gasteiger partial charge in [0.2, 0.25) is 6.08 Å². The van der Waals surface area contributed by atoms with Crippen LogP contribution in [-0.2, 0) is 18.4 Å². The molecule has 0 saturated carbocycles. The first-order valence-electron chi connectivity index (χ1n) is 6.31. The van der Waals surface area contributed by atoms with E-state index in [-0.39, 0.29) is 5.22 Å². The molecule has 0 bridgehead atoms. The zero-order chi connectivity index (χ0) is 14.1. The van der Waals surface area contributed by atoms with Crippen molar-refractivity contribution in [3.8, 4) is 0 Å². The summed E-state index contributed by atoms with van der Waals surface area (Å²) in [6, 6.07) is 1.06. The second kappa shape index (κ2) is 8.56. The van der Waals surface area contributed by atoms with Gasteiger partial charge >= 0.3 is 8.56 Å². The van der Waals surface area contributed by atoms with Crippen molar-refractivity contribution in [1.29, 1.82) is 5.41 Å². The molecule has 1 rings (SSSR count). The van der Waals surface area contributed by atoms with Gasteiger partial charge in [-0.05, 0) is 18.9 Å². The van der Waals surface area contributed by atoms with Gasteiger partial charge in [0.1, 0.15) is 5.22 Å². The highest BCUT2D eigenvalue weighted by molar-refractivity contribution is 6.70. The third kappa shape index (κ3) is 3.49. The number of hydrogen-bond donors (Lipinski definition) is 1. The molecule has 6 heteroatoms. The Morgan fingerprint density at radius 2 is 1.83 bits per heavy atom. The van der Waals surface area contributed by atoms with Crippen LogP contribution in [0.15, 0.2) is 0 Å². The molecule has 1 atom stereocenters. The quantitative estimate of drug-likeness (QED) is 0.475. The van der Waals surface area contributed by atoms with Gasteiger partial charge in [0.05, 0.1) is 0 Å². The van der Waals surface area contributed by atoms with E-state index in [4.69, 9.17) is 23.8 Å². The van der Waals surface area contributed by atoms with Gasteiger partial charge in [-0.25, -0.2) is 10.2 Å². The van der Waals surface area contributed by atoms with Crippen LogP contribution in [0, 0.1) is 5.41 Å². The molecule has 106 valence electrons. The molecule has 1 heterocycles. The normalized spacial score (nSPS) is 25.8. The van der Waals surface area contributed by atoms with Crippen molar-refractivity contribution >= 4 is 14.6 Å². The zero-order valence-corrected chi connectivity index (χ0v) is 12.9. The van der Waals surface area contributed by atoms with Crippen LogP contribution in [0.2, 0.25) is 6.04 Å². The molecular formula is C12H25NO4Si. The van der Waals surface area contributed by atoms with Crippen LogP contribution in [0.1, 0.15) is 39.0 Å². The molecule has 1 unspecified atom stereocenters. The molecule has 1 aliphatic heterocycles. The van der Waals surface area contributed by atoms with E-state index in [0.29, 0.717) is 0 Å². The van der Waals surface area contributed by atoms with Crippen molar-refractivity contribution in [2.24, 2.45) is 0 Å². The van der Waals surface area contributed by atoms with Crippen LogP contribution in [0.25, 0.3) is 0 Å². The Morgan fingerprint density at radius 3 is 2.22 bits per heavy atom. The van der Waals surface area contributed by atoms with Gasteiger partial charge in [-0.3, -0.25) is 0 Å². The van der Waals surface area contributed by atoms with Crippen LogP contribution in [0.3, 0.4) is 0 Å². The van der Waals surface area contributed by atoms with Crippen molar-refractivity contribution in [3.63, 3.8) is 0 Å². The van der Waals surface area contributed by atoms with Crippen LogP contribution >= 0.6 is 0 Å². The monoisotopic (exact) mass is 275 g/mol. The highest BCUT2D eigenvalue weighted by atomic mass is 28.4. The first-order valence-corrected chi connectivity index (χ1v) is 8.33. The molecule has 0 aromatic carbocycles. The Kier molecular flexibility index (Phi) is 8.31. The van der Waals surface area contributed by atoms with Crippen LogP contribution in [0.5, 0.6) is 0 Å². The van der Waals surface area contributed by atoms with Crippen LogP contribution < -0.4 is 0 Å². The molecule has 1 N–H and O–H groups in total. The average Bonchev–Trinajstić information content (AvgIpc) is 2.40. The van der Waals surface area contributed by atoms with E-state index in [1.807, 2.05) is 0 Å². The maximum Gasteiger partial charge on any atom is 0.370 e. The number of isocyanates is 1. The first kappa shape index (κ1) is 17.5. The molecule has 0 aromatic rings. The third-order valence-electron chi connectivity index (χ3n) is 3.73. The smallest absolute Gasteiger partial charge is 0.370 e. The summed E-state index contributed by atoms with van der Waals surface area (Å²) in [5, 5.41) is 5.28. The van der Waals surface area contributed by atoms with E-state index in [1.54, 1.807) is 21.3 Å². The fourth-order valence-electron chi connectivity index (χ4n) is 2.92. The number of rotatable bonds is 5. The molecule has 0 radical (unpaired) electrons. The van der Waals surface area contributed by atoms with Crippen LogP contribution in [-0.4, -0.2) is 41.2 Å². The highest BCUT2D eigenvalue weighted by Gasteiger charge is 2.58. The predicted molar refractivity (Wildman–Crippen MR) is 71.5 cm³/mol. The molecule has 0 spiro atoms. The van der Waals surface area contributed by atoms with E-state index >= 15 is 0 Å². The lowest BCUT2D eigenvalue weighted by Gasteiger charge is -2.47. The lowest BCUT2D eigenvalue weighted by atomic mass is 10.1. The third-order valence-corrected chi connectivity index (χ3v) is 8.16. The molecule has 0 amide bonds. The standard InChI is InChI=1S/C11H24O3Si.CHNO/c1-5-8-11(12-2)9-6-7-10-15(11,13-3)14-4;2-1-3/h5-10H2,1-4H3;2H. The Bertz CT molecular complexity index is 261. The van der Waals surface area contributed by atoms with Gasteiger partial charge in [0.25, 0.3) is 0 Å². The van der Waals surface area contributed by atoms with Gasteiger partial charge in [0, 0.05) is 21.3 Å². The Labute approximate surface area is 111 Å². The van der Waals surface area contributed by atoms with Crippen molar-refractivity contribution in [3.05, 3.63) is 0 Å². The molecule has 1 aliphatic rings. The van der Waals surface area contributed by atoms with Gasteiger partial charge < -0.3 is 13.6 Å². The van der Waals surface area contributed by atoms with Crippen molar-refractivity contribution in [2.75, 3.05) is 21.3 Å². The summed E-state index contributed by atoms with van der Waals surface area (Å²) >= 11 is 0. The molecular weight excluding hydrogens is 250 g/mol. The van der Waals surface area contributed by atoms with Crippen molar-refractivity contribution < 1.29 is 18.4 Å². The Hall–Kier alpha value is -0.523. The highest BCUT2D eigenvalue weighted by Crippen LogP contribution is 2.42. The van der Waals surface area contributed by atoms with Gasteiger partial charge in [-0.15, -0.1) is 0 Å². The minimum absolute atomic E-state index is 0.122. The topological polar surface area (TPSA) is 68.6 Å². The Morgan fingerprint density at radius 1 is 1.28 bits per heavy atom. The molecule has 1 saturated heterocycles. The summed E-state index contributed by atoms with van der Waals surface area (Å²) in [6.07, 6.45) is 6.45. The molecule has 0 aliphatic carbocycles. The minimum Gasteiger partial charge on any atom is -0.396 e. The van der Waals surface area contributed by atoms with E-state index < -0.39 is 8.56 Å². The number of hydrogen-bond acceptors (Lipinski definition) is 5. The maximum absolute atomic E-state index is 8.35.